The number of primary amides is 2. The van der Waals surface area contributed by atoms with Gasteiger partial charge < -0.3 is 58.8 Å². The second-order valence-electron chi connectivity index (χ2n) is 11.4. The van der Waals surface area contributed by atoms with E-state index >= 15 is 0 Å². The summed E-state index contributed by atoms with van der Waals surface area (Å²) in [4.78, 5) is 98.2. The molecule has 0 aliphatic rings. The zero-order valence-corrected chi connectivity index (χ0v) is 26.2. The summed E-state index contributed by atoms with van der Waals surface area (Å²) in [5.41, 5.74) is 16.1. The van der Waals surface area contributed by atoms with Crippen molar-refractivity contribution in [2.24, 2.45) is 29.0 Å². The monoisotopic (exact) mass is 644 g/mol. The summed E-state index contributed by atoms with van der Waals surface area (Å²) in [6.07, 6.45) is -1.94. The quantitative estimate of drug-likeness (QED) is 0.0528. The number of carbonyl (C=O) groups is 8. The lowest BCUT2D eigenvalue weighted by Crippen LogP contribution is -2.62. The number of nitrogens with one attached hydrogen (secondary N) is 5. The van der Waals surface area contributed by atoms with Crippen LogP contribution in [0.15, 0.2) is 0 Å². The van der Waals surface area contributed by atoms with Crippen molar-refractivity contribution in [2.75, 3.05) is 6.61 Å². The molecule has 0 heterocycles. The van der Waals surface area contributed by atoms with Crippen LogP contribution in [0.3, 0.4) is 0 Å². The molecule has 0 saturated heterocycles. The first kappa shape index (κ1) is 40.8. The van der Waals surface area contributed by atoms with Gasteiger partial charge in [-0.05, 0) is 31.6 Å². The highest BCUT2D eigenvalue weighted by Crippen LogP contribution is 2.08. The Labute approximate surface area is 261 Å². The first-order valence-corrected chi connectivity index (χ1v) is 14.4. The van der Waals surface area contributed by atoms with Gasteiger partial charge in [-0.25, -0.2) is 0 Å². The zero-order chi connectivity index (χ0) is 35.0. The molecule has 0 spiro atoms. The van der Waals surface area contributed by atoms with E-state index in [-0.39, 0.29) is 31.1 Å². The highest BCUT2D eigenvalue weighted by Gasteiger charge is 2.34. The van der Waals surface area contributed by atoms with Gasteiger partial charge in [0.15, 0.2) is 0 Å². The molecule has 18 heteroatoms. The number of rotatable bonds is 21. The van der Waals surface area contributed by atoms with Crippen LogP contribution in [0.2, 0.25) is 0 Å². The van der Waals surface area contributed by atoms with Crippen molar-refractivity contribution < 1.29 is 48.6 Å². The van der Waals surface area contributed by atoms with Crippen LogP contribution in [-0.2, 0) is 38.4 Å². The van der Waals surface area contributed by atoms with E-state index in [0.29, 0.717) is 6.29 Å². The van der Waals surface area contributed by atoms with E-state index in [1.54, 1.807) is 27.7 Å². The highest BCUT2D eigenvalue weighted by molar-refractivity contribution is 5.97. The van der Waals surface area contributed by atoms with Gasteiger partial charge in [0.2, 0.25) is 41.4 Å². The molecule has 0 bridgehead atoms. The Morgan fingerprint density at radius 1 is 0.711 bits per heavy atom. The Morgan fingerprint density at radius 3 is 1.67 bits per heavy atom. The minimum atomic E-state index is -1.72. The largest absolute Gasteiger partial charge is 0.394 e. The van der Waals surface area contributed by atoms with Crippen molar-refractivity contribution in [2.45, 2.75) is 103 Å². The predicted octanol–water partition coefficient (Wildman–Crippen LogP) is -4.85. The second-order valence-corrected chi connectivity index (χ2v) is 11.4. The highest BCUT2D eigenvalue weighted by atomic mass is 16.3. The predicted molar refractivity (Wildman–Crippen MR) is 159 cm³/mol. The SMILES string of the molecule is CC(C)C[C@H](NC(=O)[C@@H](NC(=O)[C@H](CO)NC(=O)[C@H](CC(N)=O)NC(=O)[C@@H](N)C(C)C)[C@@H](C)O)C(=O)N[C@H](C=O)CCC(N)=O. The Balaban J connectivity index is 5.76. The minimum absolute atomic E-state index is 0.0674. The number of hydrogen-bond donors (Lipinski definition) is 10. The zero-order valence-electron chi connectivity index (χ0n) is 26.2. The maximum atomic E-state index is 13.1. The first-order valence-electron chi connectivity index (χ1n) is 14.4. The molecule has 0 fully saturated rings. The lowest BCUT2D eigenvalue weighted by Gasteiger charge is -2.28. The number of hydrogen-bond acceptors (Lipinski definition) is 11. The summed E-state index contributed by atoms with van der Waals surface area (Å²) in [7, 11) is 0. The summed E-state index contributed by atoms with van der Waals surface area (Å²) in [6.45, 7) is 6.98. The summed E-state index contributed by atoms with van der Waals surface area (Å²) < 4.78 is 0. The van der Waals surface area contributed by atoms with E-state index in [1.807, 2.05) is 0 Å². The van der Waals surface area contributed by atoms with E-state index in [2.05, 4.69) is 26.6 Å². The maximum absolute atomic E-state index is 13.1. The molecule has 0 aromatic carbocycles. The minimum Gasteiger partial charge on any atom is -0.394 e. The first-order chi connectivity index (χ1) is 20.8. The number of aliphatic hydroxyl groups excluding tert-OH is 2. The van der Waals surface area contributed by atoms with Gasteiger partial charge in [-0.15, -0.1) is 0 Å². The van der Waals surface area contributed by atoms with Gasteiger partial charge in [0, 0.05) is 6.42 Å². The molecule has 13 N–H and O–H groups in total. The van der Waals surface area contributed by atoms with Crippen molar-refractivity contribution in [1.29, 1.82) is 0 Å². The molecule has 7 atom stereocenters. The number of carbonyl (C=O) groups excluding carboxylic acids is 8. The van der Waals surface area contributed by atoms with Gasteiger partial charge in [-0.1, -0.05) is 27.7 Å². The molecule has 0 saturated carbocycles. The molecule has 45 heavy (non-hydrogen) atoms. The van der Waals surface area contributed by atoms with Crippen LogP contribution in [0, 0.1) is 11.8 Å². The summed E-state index contributed by atoms with van der Waals surface area (Å²) in [5.74, 6) is -6.85. The lowest BCUT2D eigenvalue weighted by atomic mass is 10.0. The molecule has 0 aliphatic heterocycles. The third-order valence-corrected chi connectivity index (χ3v) is 6.47. The summed E-state index contributed by atoms with van der Waals surface area (Å²) in [6, 6.07) is -8.28. The van der Waals surface area contributed by atoms with Crippen molar-refractivity contribution in [3.63, 3.8) is 0 Å². The summed E-state index contributed by atoms with van der Waals surface area (Å²) in [5, 5.41) is 31.5. The molecule has 0 aromatic rings. The molecule has 0 aliphatic carbocycles. The second kappa shape index (κ2) is 20.0. The van der Waals surface area contributed by atoms with E-state index in [1.165, 1.54) is 0 Å². The van der Waals surface area contributed by atoms with Gasteiger partial charge in [-0.2, -0.15) is 0 Å². The Morgan fingerprint density at radius 2 is 1.22 bits per heavy atom. The average molecular weight is 645 g/mol. The van der Waals surface area contributed by atoms with Crippen LogP contribution < -0.4 is 43.8 Å². The Bertz CT molecular complexity index is 1070. The topological polar surface area (TPSA) is 315 Å². The normalized spacial score (nSPS) is 15.8. The van der Waals surface area contributed by atoms with Gasteiger partial charge in [0.05, 0.1) is 31.2 Å². The third kappa shape index (κ3) is 15.4. The smallest absolute Gasteiger partial charge is 0.245 e. The molecule has 0 radical (unpaired) electrons. The van der Waals surface area contributed by atoms with E-state index in [0.717, 1.165) is 6.92 Å². The molecule has 0 aromatic heterocycles. The van der Waals surface area contributed by atoms with Crippen molar-refractivity contribution in [3.05, 3.63) is 0 Å². The number of amides is 7. The molecular weight excluding hydrogens is 596 g/mol. The maximum Gasteiger partial charge on any atom is 0.245 e. The van der Waals surface area contributed by atoms with Gasteiger partial charge in [0.25, 0.3) is 0 Å². The fourth-order valence-corrected chi connectivity index (χ4v) is 3.83. The third-order valence-electron chi connectivity index (χ3n) is 6.47. The van der Waals surface area contributed by atoms with Gasteiger partial charge in [0.1, 0.15) is 30.5 Å². The van der Waals surface area contributed by atoms with Crippen molar-refractivity contribution in [3.8, 4) is 0 Å². The lowest BCUT2D eigenvalue weighted by molar-refractivity contribution is -0.137. The van der Waals surface area contributed by atoms with Crippen LogP contribution in [0.4, 0.5) is 0 Å². The van der Waals surface area contributed by atoms with Crippen LogP contribution in [-0.4, -0.2) is 107 Å². The standard InChI is InChI=1S/C27H48N8O10/c1-12(2)8-16(23(41)31-15(10-36)6-7-19(28)39)33-27(45)22(14(5)38)35-25(43)18(11-37)34-24(42)17(9-20(29)40)32-26(44)21(30)13(3)4/h10,12-18,21-22,37-38H,6-9,11,30H2,1-5H3,(H2,28,39)(H2,29,40)(H,31,41)(H,32,44)(H,33,45)(H,34,42)(H,35,43)/t14-,15+,16+,17+,18+,21+,22+/m1/s1. The van der Waals surface area contributed by atoms with Crippen LogP contribution in [0.25, 0.3) is 0 Å². The molecular formula is C27H48N8O10. The van der Waals surface area contributed by atoms with Crippen molar-refractivity contribution in [1.82, 2.24) is 26.6 Å². The van der Waals surface area contributed by atoms with E-state index < -0.39 is 96.7 Å². The fraction of sp³-hybridized carbons (Fsp3) is 0.704. The van der Waals surface area contributed by atoms with Crippen LogP contribution in [0.1, 0.15) is 60.3 Å². The molecule has 256 valence electrons. The van der Waals surface area contributed by atoms with Crippen molar-refractivity contribution >= 4 is 47.6 Å². The van der Waals surface area contributed by atoms with Gasteiger partial charge in [-0.3, -0.25) is 33.6 Å². The molecule has 18 nitrogen and oxygen atoms in total. The van der Waals surface area contributed by atoms with E-state index in [9.17, 15) is 48.6 Å². The molecule has 0 unspecified atom stereocenters. The van der Waals surface area contributed by atoms with Crippen LogP contribution >= 0.6 is 0 Å². The Hall–Kier alpha value is -4.16. The molecule has 0 rings (SSSR count). The number of aldehydes is 1. The number of aliphatic hydroxyl groups is 2. The molecule has 7 amide bonds. The van der Waals surface area contributed by atoms with Crippen LogP contribution in [0.5, 0.6) is 0 Å². The summed E-state index contributed by atoms with van der Waals surface area (Å²) >= 11 is 0. The number of nitrogens with two attached hydrogens (primary N) is 3. The van der Waals surface area contributed by atoms with Gasteiger partial charge >= 0.3 is 0 Å². The fourth-order valence-electron chi connectivity index (χ4n) is 3.83. The van der Waals surface area contributed by atoms with E-state index in [4.69, 9.17) is 17.2 Å². The Kier molecular flexibility index (Phi) is 18.1. The average Bonchev–Trinajstić information content (AvgIpc) is 2.93.